The number of nitrogens with two attached hydrogens (primary N) is 1. The number of halogens is 1. The highest BCUT2D eigenvalue weighted by Gasteiger charge is 2.04. The van der Waals surface area contributed by atoms with Gasteiger partial charge in [0, 0.05) is 6.04 Å². The van der Waals surface area contributed by atoms with Crippen LogP contribution in [0.15, 0.2) is 24.3 Å². The first kappa shape index (κ1) is 9.16. The van der Waals surface area contributed by atoms with Crippen LogP contribution in [0.5, 0.6) is 0 Å². The number of benzene rings is 1. The molecule has 1 atom stereocenters. The minimum Gasteiger partial charge on any atom is -0.271 e. The van der Waals surface area contributed by atoms with Crippen molar-refractivity contribution in [2.75, 3.05) is 0 Å². The Morgan fingerprint density at radius 1 is 1.50 bits per heavy atom. The lowest BCUT2D eigenvalue weighted by molar-refractivity contribution is 0.541. The molecular weight excluding hydrogens is 155 g/mol. The number of hydrogen-bond donors (Lipinski definition) is 2. The summed E-state index contributed by atoms with van der Waals surface area (Å²) in [6.45, 7) is 1.91. The fourth-order valence-corrected chi connectivity index (χ4v) is 1.05. The second-order valence-corrected chi connectivity index (χ2v) is 2.86. The highest BCUT2D eigenvalue weighted by atomic mass is 19.1. The molecule has 3 N–H and O–H groups in total. The van der Waals surface area contributed by atoms with Gasteiger partial charge in [-0.25, -0.2) is 4.39 Å². The Morgan fingerprint density at radius 2 is 2.17 bits per heavy atom. The molecule has 0 saturated carbocycles. The molecule has 0 heterocycles. The van der Waals surface area contributed by atoms with Gasteiger partial charge in [0.15, 0.2) is 0 Å². The smallest absolute Gasteiger partial charge is 0.126 e. The molecular formula is C9H13FN2. The van der Waals surface area contributed by atoms with Crippen LogP contribution in [0.2, 0.25) is 0 Å². The van der Waals surface area contributed by atoms with Crippen LogP contribution < -0.4 is 11.3 Å². The van der Waals surface area contributed by atoms with E-state index in [0.717, 1.165) is 0 Å². The number of hydrogen-bond acceptors (Lipinski definition) is 2. The fourth-order valence-electron chi connectivity index (χ4n) is 1.05. The fraction of sp³-hybridized carbons (Fsp3) is 0.333. The summed E-state index contributed by atoms with van der Waals surface area (Å²) in [6.07, 6.45) is 0.614. The zero-order chi connectivity index (χ0) is 8.97. The average Bonchev–Trinajstić information content (AvgIpc) is 2.09. The van der Waals surface area contributed by atoms with Crippen molar-refractivity contribution in [3.8, 4) is 0 Å². The average molecular weight is 168 g/mol. The lowest BCUT2D eigenvalue weighted by Gasteiger charge is -2.09. The third-order valence-electron chi connectivity index (χ3n) is 1.77. The Hall–Kier alpha value is -0.930. The zero-order valence-corrected chi connectivity index (χ0v) is 7.05. The maximum Gasteiger partial charge on any atom is 0.126 e. The van der Waals surface area contributed by atoms with Crippen molar-refractivity contribution in [1.82, 2.24) is 5.43 Å². The Kier molecular flexibility index (Phi) is 3.19. The van der Waals surface area contributed by atoms with Crippen LogP contribution in [-0.4, -0.2) is 6.04 Å². The summed E-state index contributed by atoms with van der Waals surface area (Å²) in [5.74, 6) is 5.03. The van der Waals surface area contributed by atoms with Crippen molar-refractivity contribution in [3.63, 3.8) is 0 Å². The quantitative estimate of drug-likeness (QED) is 0.526. The molecule has 12 heavy (non-hydrogen) atoms. The molecule has 0 spiro atoms. The first-order chi connectivity index (χ1) is 5.74. The minimum absolute atomic E-state index is 0.0990. The van der Waals surface area contributed by atoms with E-state index >= 15 is 0 Å². The van der Waals surface area contributed by atoms with E-state index in [0.29, 0.717) is 12.0 Å². The van der Waals surface area contributed by atoms with Crippen LogP contribution in [0.3, 0.4) is 0 Å². The molecule has 1 rings (SSSR count). The van der Waals surface area contributed by atoms with E-state index in [1.54, 1.807) is 12.1 Å². The molecule has 1 aromatic carbocycles. The van der Waals surface area contributed by atoms with Crippen LogP contribution in [0.25, 0.3) is 0 Å². The molecule has 0 radical (unpaired) electrons. The first-order valence-corrected chi connectivity index (χ1v) is 3.93. The van der Waals surface area contributed by atoms with Gasteiger partial charge in [0.2, 0.25) is 0 Å². The lowest BCUT2D eigenvalue weighted by atomic mass is 10.1. The highest BCUT2D eigenvalue weighted by molar-refractivity contribution is 5.18. The molecule has 0 aromatic heterocycles. The summed E-state index contributed by atoms with van der Waals surface area (Å²) >= 11 is 0. The van der Waals surface area contributed by atoms with E-state index in [2.05, 4.69) is 5.43 Å². The van der Waals surface area contributed by atoms with Crippen molar-refractivity contribution in [2.45, 2.75) is 19.4 Å². The van der Waals surface area contributed by atoms with E-state index < -0.39 is 0 Å². The van der Waals surface area contributed by atoms with Gasteiger partial charge >= 0.3 is 0 Å². The molecule has 2 nitrogen and oxygen atoms in total. The van der Waals surface area contributed by atoms with Gasteiger partial charge in [0.1, 0.15) is 5.82 Å². The summed E-state index contributed by atoms with van der Waals surface area (Å²) < 4.78 is 13.0. The third-order valence-corrected chi connectivity index (χ3v) is 1.77. The summed E-state index contributed by atoms with van der Waals surface area (Å²) in [7, 11) is 0. The molecule has 0 amide bonds. The molecule has 0 saturated heterocycles. The molecule has 3 heteroatoms. The summed E-state index contributed by atoms with van der Waals surface area (Å²) in [5, 5.41) is 0. The molecule has 1 aromatic rings. The normalized spacial score (nSPS) is 12.9. The summed E-state index contributed by atoms with van der Waals surface area (Å²) in [5.41, 5.74) is 3.27. The Morgan fingerprint density at radius 3 is 2.75 bits per heavy atom. The van der Waals surface area contributed by atoms with E-state index in [4.69, 9.17) is 5.84 Å². The number of nitrogens with one attached hydrogen (secondary N) is 1. The number of rotatable bonds is 3. The molecule has 0 aliphatic heterocycles. The molecule has 0 aliphatic rings. The van der Waals surface area contributed by atoms with E-state index in [9.17, 15) is 4.39 Å². The van der Waals surface area contributed by atoms with Gasteiger partial charge in [-0.05, 0) is 25.0 Å². The van der Waals surface area contributed by atoms with Gasteiger partial charge in [-0.3, -0.25) is 11.3 Å². The van der Waals surface area contributed by atoms with E-state index in [1.165, 1.54) is 6.07 Å². The van der Waals surface area contributed by atoms with Crippen LogP contribution in [-0.2, 0) is 6.42 Å². The highest BCUT2D eigenvalue weighted by Crippen LogP contribution is 2.08. The number of hydrazine groups is 1. The topological polar surface area (TPSA) is 38.0 Å². The zero-order valence-electron chi connectivity index (χ0n) is 7.05. The van der Waals surface area contributed by atoms with Gasteiger partial charge in [-0.15, -0.1) is 0 Å². The third kappa shape index (κ3) is 2.29. The first-order valence-electron chi connectivity index (χ1n) is 3.93. The SMILES string of the molecule is C[C@@H](Cc1ccccc1F)NN. The summed E-state index contributed by atoms with van der Waals surface area (Å²) in [4.78, 5) is 0. The van der Waals surface area contributed by atoms with Crippen LogP contribution in [0, 0.1) is 5.82 Å². The maximum atomic E-state index is 13.0. The maximum absolute atomic E-state index is 13.0. The van der Waals surface area contributed by atoms with Crippen molar-refractivity contribution in [2.24, 2.45) is 5.84 Å². The van der Waals surface area contributed by atoms with E-state index in [1.807, 2.05) is 13.0 Å². The molecule has 0 unspecified atom stereocenters. The van der Waals surface area contributed by atoms with Crippen LogP contribution >= 0.6 is 0 Å². The standard InChI is InChI=1S/C9H13FN2/c1-7(12-11)6-8-4-2-3-5-9(8)10/h2-5,7,12H,6,11H2,1H3/t7-/m0/s1. The Balaban J connectivity index is 2.69. The molecule has 66 valence electrons. The van der Waals surface area contributed by atoms with Gasteiger partial charge in [-0.2, -0.15) is 0 Å². The van der Waals surface area contributed by atoms with Crippen LogP contribution in [0.4, 0.5) is 4.39 Å². The van der Waals surface area contributed by atoms with Gasteiger partial charge in [-0.1, -0.05) is 18.2 Å². The molecule has 0 aliphatic carbocycles. The van der Waals surface area contributed by atoms with Gasteiger partial charge < -0.3 is 0 Å². The van der Waals surface area contributed by atoms with Crippen LogP contribution in [0.1, 0.15) is 12.5 Å². The Labute approximate surface area is 71.6 Å². The second kappa shape index (κ2) is 4.18. The Bertz CT molecular complexity index is 250. The predicted octanol–water partition coefficient (Wildman–Crippen LogP) is 1.22. The lowest BCUT2D eigenvalue weighted by Crippen LogP contribution is -2.34. The minimum atomic E-state index is -0.167. The van der Waals surface area contributed by atoms with E-state index in [-0.39, 0.29) is 11.9 Å². The van der Waals surface area contributed by atoms with Gasteiger partial charge in [0.05, 0.1) is 0 Å². The molecule has 0 fully saturated rings. The van der Waals surface area contributed by atoms with Crippen molar-refractivity contribution >= 4 is 0 Å². The summed E-state index contributed by atoms with van der Waals surface area (Å²) in [6, 6.07) is 6.82. The monoisotopic (exact) mass is 168 g/mol. The molecule has 0 bridgehead atoms. The van der Waals surface area contributed by atoms with Crippen molar-refractivity contribution in [1.29, 1.82) is 0 Å². The second-order valence-electron chi connectivity index (χ2n) is 2.86. The van der Waals surface area contributed by atoms with Crippen molar-refractivity contribution < 1.29 is 4.39 Å². The predicted molar refractivity (Wildman–Crippen MR) is 46.9 cm³/mol. The van der Waals surface area contributed by atoms with Crippen molar-refractivity contribution in [3.05, 3.63) is 35.6 Å². The largest absolute Gasteiger partial charge is 0.271 e. The van der Waals surface area contributed by atoms with Gasteiger partial charge in [0.25, 0.3) is 0 Å².